The summed E-state index contributed by atoms with van der Waals surface area (Å²) in [5.41, 5.74) is 6.89. The van der Waals surface area contributed by atoms with Crippen LogP contribution in [-0.4, -0.2) is 18.0 Å². The molecular formula is C13H22N2O. The Morgan fingerprint density at radius 3 is 2.50 bits per heavy atom. The van der Waals surface area contributed by atoms with Gasteiger partial charge in [0, 0.05) is 12.1 Å². The molecule has 1 aromatic rings. The lowest BCUT2D eigenvalue weighted by Gasteiger charge is -2.18. The number of furan rings is 1. The number of aryl methyl sites for hydroxylation is 1. The van der Waals surface area contributed by atoms with Gasteiger partial charge >= 0.3 is 0 Å². The molecule has 1 saturated heterocycles. The molecule has 2 heterocycles. The van der Waals surface area contributed by atoms with Crippen molar-refractivity contribution in [3.05, 3.63) is 23.2 Å². The highest BCUT2D eigenvalue weighted by molar-refractivity contribution is 5.20. The lowest BCUT2D eigenvalue weighted by Crippen LogP contribution is -2.24. The molecule has 0 radical (unpaired) electrons. The Balaban J connectivity index is 1.98. The Kier molecular flexibility index (Phi) is 4.02. The van der Waals surface area contributed by atoms with Gasteiger partial charge in [0.25, 0.3) is 0 Å². The van der Waals surface area contributed by atoms with E-state index in [0.717, 1.165) is 18.1 Å². The van der Waals surface area contributed by atoms with E-state index in [1.165, 1.54) is 44.3 Å². The van der Waals surface area contributed by atoms with Crippen molar-refractivity contribution < 1.29 is 4.42 Å². The van der Waals surface area contributed by atoms with Crippen molar-refractivity contribution in [2.45, 2.75) is 45.7 Å². The van der Waals surface area contributed by atoms with Crippen LogP contribution in [0.1, 0.15) is 42.8 Å². The molecule has 1 aromatic heterocycles. The molecule has 0 amide bonds. The molecular weight excluding hydrogens is 200 g/mol. The molecule has 0 unspecified atom stereocenters. The summed E-state index contributed by atoms with van der Waals surface area (Å²) in [4.78, 5) is 2.53. The topological polar surface area (TPSA) is 42.4 Å². The second-order valence-electron chi connectivity index (χ2n) is 4.69. The van der Waals surface area contributed by atoms with Crippen molar-refractivity contribution in [3.8, 4) is 0 Å². The molecule has 3 heteroatoms. The molecule has 0 atom stereocenters. The predicted molar refractivity (Wildman–Crippen MR) is 65.1 cm³/mol. The zero-order valence-corrected chi connectivity index (χ0v) is 10.2. The van der Waals surface area contributed by atoms with Crippen molar-refractivity contribution >= 4 is 0 Å². The average molecular weight is 222 g/mol. The van der Waals surface area contributed by atoms with Crippen LogP contribution in [0.3, 0.4) is 0 Å². The van der Waals surface area contributed by atoms with Gasteiger partial charge in [0.05, 0.1) is 6.54 Å². The molecule has 0 saturated carbocycles. The minimum Gasteiger partial charge on any atom is -0.465 e. The molecule has 0 aliphatic carbocycles. The van der Waals surface area contributed by atoms with E-state index in [1.807, 2.05) is 6.92 Å². The Morgan fingerprint density at radius 1 is 1.25 bits per heavy atom. The summed E-state index contributed by atoms with van der Waals surface area (Å²) in [6, 6.07) is 2.11. The zero-order valence-electron chi connectivity index (χ0n) is 10.2. The first-order chi connectivity index (χ1) is 7.79. The molecule has 0 aromatic carbocycles. The van der Waals surface area contributed by atoms with E-state index < -0.39 is 0 Å². The summed E-state index contributed by atoms with van der Waals surface area (Å²) in [5, 5.41) is 0. The molecule has 0 spiro atoms. The third kappa shape index (κ3) is 2.86. The summed E-state index contributed by atoms with van der Waals surface area (Å²) in [5.74, 6) is 1.94. The fourth-order valence-corrected chi connectivity index (χ4v) is 2.38. The molecule has 2 N–H and O–H groups in total. The smallest absolute Gasteiger partial charge is 0.118 e. The van der Waals surface area contributed by atoms with E-state index in [4.69, 9.17) is 10.2 Å². The van der Waals surface area contributed by atoms with Crippen molar-refractivity contribution in [1.29, 1.82) is 0 Å². The van der Waals surface area contributed by atoms with Gasteiger partial charge in [0.2, 0.25) is 0 Å². The molecule has 16 heavy (non-hydrogen) atoms. The summed E-state index contributed by atoms with van der Waals surface area (Å²) in [7, 11) is 0. The lowest BCUT2D eigenvalue weighted by atomic mass is 10.2. The lowest BCUT2D eigenvalue weighted by molar-refractivity contribution is 0.275. The maximum absolute atomic E-state index is 5.58. The Labute approximate surface area is 97.6 Å². The number of nitrogens with zero attached hydrogens (tertiary/aromatic N) is 1. The molecule has 0 bridgehead atoms. The third-order valence-electron chi connectivity index (χ3n) is 3.37. The van der Waals surface area contributed by atoms with Gasteiger partial charge in [-0.25, -0.2) is 0 Å². The summed E-state index contributed by atoms with van der Waals surface area (Å²) < 4.78 is 5.58. The maximum atomic E-state index is 5.58. The van der Waals surface area contributed by atoms with E-state index in [2.05, 4.69) is 11.0 Å². The Hall–Kier alpha value is -0.800. The third-order valence-corrected chi connectivity index (χ3v) is 3.37. The van der Waals surface area contributed by atoms with E-state index >= 15 is 0 Å². The molecule has 1 fully saturated rings. The van der Waals surface area contributed by atoms with Gasteiger partial charge in [-0.2, -0.15) is 0 Å². The summed E-state index contributed by atoms with van der Waals surface area (Å²) in [6.45, 7) is 6.01. The second-order valence-corrected chi connectivity index (χ2v) is 4.69. The highest BCUT2D eigenvalue weighted by Crippen LogP contribution is 2.18. The van der Waals surface area contributed by atoms with Gasteiger partial charge in [0.15, 0.2) is 0 Å². The van der Waals surface area contributed by atoms with Gasteiger partial charge in [-0.3, -0.25) is 4.90 Å². The standard InChI is InChI=1S/C13H22N2O/c1-11-12(8-13(9-14)16-11)10-15-6-4-2-3-5-7-15/h8H,2-7,9-10,14H2,1H3. The molecule has 1 aliphatic heterocycles. The first-order valence-electron chi connectivity index (χ1n) is 6.30. The highest BCUT2D eigenvalue weighted by atomic mass is 16.3. The minimum atomic E-state index is 0.501. The fraction of sp³-hybridized carbons (Fsp3) is 0.692. The van der Waals surface area contributed by atoms with Gasteiger partial charge in [-0.05, 0) is 38.9 Å². The summed E-state index contributed by atoms with van der Waals surface area (Å²) >= 11 is 0. The van der Waals surface area contributed by atoms with Crippen LogP contribution < -0.4 is 5.73 Å². The number of rotatable bonds is 3. The molecule has 90 valence electrons. The fourth-order valence-electron chi connectivity index (χ4n) is 2.38. The highest BCUT2D eigenvalue weighted by Gasteiger charge is 2.13. The minimum absolute atomic E-state index is 0.501. The van der Waals surface area contributed by atoms with Crippen LogP contribution >= 0.6 is 0 Å². The van der Waals surface area contributed by atoms with Crippen LogP contribution in [0.5, 0.6) is 0 Å². The van der Waals surface area contributed by atoms with Gasteiger partial charge in [-0.15, -0.1) is 0 Å². The van der Waals surface area contributed by atoms with Crippen LogP contribution in [0.4, 0.5) is 0 Å². The molecule has 2 rings (SSSR count). The van der Waals surface area contributed by atoms with Crippen LogP contribution in [0.2, 0.25) is 0 Å². The van der Waals surface area contributed by atoms with Crippen molar-refractivity contribution in [2.24, 2.45) is 5.73 Å². The van der Waals surface area contributed by atoms with Crippen LogP contribution in [0.25, 0.3) is 0 Å². The van der Waals surface area contributed by atoms with E-state index in [1.54, 1.807) is 0 Å². The largest absolute Gasteiger partial charge is 0.465 e. The monoisotopic (exact) mass is 222 g/mol. The predicted octanol–water partition coefficient (Wildman–Crippen LogP) is 2.42. The van der Waals surface area contributed by atoms with Crippen molar-refractivity contribution in [3.63, 3.8) is 0 Å². The first-order valence-corrected chi connectivity index (χ1v) is 6.30. The quantitative estimate of drug-likeness (QED) is 0.854. The number of likely N-dealkylation sites (tertiary alicyclic amines) is 1. The van der Waals surface area contributed by atoms with Gasteiger partial charge in [-0.1, -0.05) is 12.8 Å². The average Bonchev–Trinajstić information content (AvgIpc) is 2.51. The number of nitrogens with two attached hydrogens (primary N) is 1. The first kappa shape index (κ1) is 11.7. The van der Waals surface area contributed by atoms with E-state index in [9.17, 15) is 0 Å². The maximum Gasteiger partial charge on any atom is 0.118 e. The zero-order chi connectivity index (χ0) is 11.4. The van der Waals surface area contributed by atoms with Gasteiger partial charge < -0.3 is 10.2 Å². The Morgan fingerprint density at radius 2 is 1.94 bits per heavy atom. The number of hydrogen-bond donors (Lipinski definition) is 1. The molecule has 1 aliphatic rings. The van der Waals surface area contributed by atoms with E-state index in [0.29, 0.717) is 6.54 Å². The summed E-state index contributed by atoms with van der Waals surface area (Å²) in [6.07, 6.45) is 5.44. The van der Waals surface area contributed by atoms with Crippen molar-refractivity contribution in [2.75, 3.05) is 13.1 Å². The van der Waals surface area contributed by atoms with Crippen LogP contribution in [0, 0.1) is 6.92 Å². The SMILES string of the molecule is Cc1oc(CN)cc1CN1CCCCCC1. The Bertz CT molecular complexity index is 325. The van der Waals surface area contributed by atoms with Crippen LogP contribution in [-0.2, 0) is 13.1 Å². The van der Waals surface area contributed by atoms with Gasteiger partial charge in [0.1, 0.15) is 11.5 Å². The second kappa shape index (κ2) is 5.51. The van der Waals surface area contributed by atoms with E-state index in [-0.39, 0.29) is 0 Å². The van der Waals surface area contributed by atoms with Crippen LogP contribution in [0.15, 0.2) is 10.5 Å². The normalized spacial score (nSPS) is 18.6. The molecule has 3 nitrogen and oxygen atoms in total. The number of hydrogen-bond acceptors (Lipinski definition) is 3. The van der Waals surface area contributed by atoms with Crippen molar-refractivity contribution in [1.82, 2.24) is 4.90 Å².